The second kappa shape index (κ2) is 9.97. The first kappa shape index (κ1) is 23.9. The van der Waals surface area contributed by atoms with E-state index in [1.165, 1.54) is 12.5 Å². The summed E-state index contributed by atoms with van der Waals surface area (Å²) in [4.78, 5) is 27.5. The molecule has 9 heteroatoms. The van der Waals surface area contributed by atoms with E-state index in [0.717, 1.165) is 34.2 Å². The minimum Gasteiger partial charge on any atom is -0.481 e. The highest BCUT2D eigenvalue weighted by molar-refractivity contribution is 6.30. The molecule has 2 heterocycles. The molecule has 1 amide bonds. The van der Waals surface area contributed by atoms with Crippen molar-refractivity contribution in [2.45, 2.75) is 44.5 Å². The van der Waals surface area contributed by atoms with Crippen LogP contribution >= 0.6 is 11.6 Å². The van der Waals surface area contributed by atoms with Crippen LogP contribution in [0.3, 0.4) is 0 Å². The lowest BCUT2D eigenvalue weighted by Crippen LogP contribution is -2.42. The summed E-state index contributed by atoms with van der Waals surface area (Å²) in [5.41, 5.74) is 10.4. The Morgan fingerprint density at radius 1 is 1.15 bits per heavy atom. The van der Waals surface area contributed by atoms with Gasteiger partial charge in [-0.25, -0.2) is 4.98 Å². The maximum Gasteiger partial charge on any atom is 0.329 e. The molecule has 0 saturated carbocycles. The number of carboxylic acid groups (broad SMARTS) is 1. The molecule has 1 aromatic heterocycles. The van der Waals surface area contributed by atoms with Crippen LogP contribution in [0.2, 0.25) is 5.02 Å². The molecule has 2 aromatic carbocycles. The number of carbonyl (C=O) groups excluding carboxylic acids is 1. The molecule has 4 rings (SSSR count). The summed E-state index contributed by atoms with van der Waals surface area (Å²) in [7, 11) is 0. The van der Waals surface area contributed by atoms with Gasteiger partial charge >= 0.3 is 11.8 Å². The summed E-state index contributed by atoms with van der Waals surface area (Å²) in [5, 5.41) is 9.82. The van der Waals surface area contributed by atoms with Crippen molar-refractivity contribution in [3.63, 3.8) is 0 Å². The summed E-state index contributed by atoms with van der Waals surface area (Å²) >= 11 is 6.00. The number of oxazole rings is 1. The molecule has 3 N–H and O–H groups in total. The summed E-state index contributed by atoms with van der Waals surface area (Å²) in [6, 6.07) is 11.6. The highest BCUT2D eigenvalue weighted by Gasteiger charge is 2.53. The van der Waals surface area contributed by atoms with E-state index in [2.05, 4.69) is 4.98 Å². The van der Waals surface area contributed by atoms with Crippen LogP contribution in [-0.4, -0.2) is 28.6 Å². The minimum atomic E-state index is -1.93. The third-order valence-electron chi connectivity index (χ3n) is 6.03. The van der Waals surface area contributed by atoms with Gasteiger partial charge in [-0.3, -0.25) is 9.59 Å². The number of benzene rings is 2. The van der Waals surface area contributed by atoms with Crippen molar-refractivity contribution < 1.29 is 28.6 Å². The SMILES string of the molecule is Cc1c(CCC(=O)O)ccc(CCc2ccc(Cl)cc2)c1C1COC(C(N)=O)(c2ncco2)O1. The van der Waals surface area contributed by atoms with Crippen molar-refractivity contribution in [3.05, 3.63) is 87.6 Å². The predicted molar refractivity (Wildman–Crippen MR) is 123 cm³/mol. The largest absolute Gasteiger partial charge is 0.481 e. The Morgan fingerprint density at radius 2 is 1.88 bits per heavy atom. The molecule has 2 atom stereocenters. The fourth-order valence-corrected chi connectivity index (χ4v) is 4.40. The highest BCUT2D eigenvalue weighted by Crippen LogP contribution is 2.42. The van der Waals surface area contributed by atoms with E-state index in [1.807, 2.05) is 43.3 Å². The average Bonchev–Trinajstić information content (AvgIpc) is 3.49. The Hall–Kier alpha value is -3.20. The molecule has 34 heavy (non-hydrogen) atoms. The van der Waals surface area contributed by atoms with E-state index in [-0.39, 0.29) is 18.9 Å². The molecule has 1 fully saturated rings. The van der Waals surface area contributed by atoms with Gasteiger partial charge in [0.1, 0.15) is 12.4 Å². The van der Waals surface area contributed by atoms with Crippen molar-refractivity contribution in [2.24, 2.45) is 5.73 Å². The van der Waals surface area contributed by atoms with E-state index in [1.54, 1.807) is 0 Å². The lowest BCUT2D eigenvalue weighted by molar-refractivity contribution is -0.198. The Kier molecular flexibility index (Phi) is 7.02. The van der Waals surface area contributed by atoms with Crippen LogP contribution in [-0.2, 0) is 44.1 Å². The first-order valence-electron chi connectivity index (χ1n) is 10.9. The molecule has 1 aliphatic rings. The number of nitrogens with zero attached hydrogens (tertiary/aromatic N) is 1. The zero-order chi connectivity index (χ0) is 24.3. The van der Waals surface area contributed by atoms with Gasteiger partial charge in [-0.1, -0.05) is 35.9 Å². The third kappa shape index (κ3) is 4.84. The maximum atomic E-state index is 12.3. The Morgan fingerprint density at radius 3 is 2.53 bits per heavy atom. The van der Waals surface area contributed by atoms with Crippen molar-refractivity contribution in [1.82, 2.24) is 4.98 Å². The van der Waals surface area contributed by atoms with Crippen LogP contribution in [0.25, 0.3) is 0 Å². The number of aliphatic carboxylic acids is 1. The van der Waals surface area contributed by atoms with Crippen LogP contribution in [0.15, 0.2) is 53.3 Å². The molecular formula is C25H25ClN2O6. The number of carbonyl (C=O) groups is 2. The number of carboxylic acids is 1. The number of aryl methyl sites for hydroxylation is 3. The third-order valence-corrected chi connectivity index (χ3v) is 6.28. The van der Waals surface area contributed by atoms with E-state index in [0.29, 0.717) is 17.9 Å². The van der Waals surface area contributed by atoms with Crippen molar-refractivity contribution in [3.8, 4) is 0 Å². The minimum absolute atomic E-state index is 0.00790. The van der Waals surface area contributed by atoms with E-state index in [9.17, 15) is 9.59 Å². The van der Waals surface area contributed by atoms with Crippen molar-refractivity contribution >= 4 is 23.5 Å². The Labute approximate surface area is 201 Å². The first-order chi connectivity index (χ1) is 16.3. The van der Waals surface area contributed by atoms with Gasteiger partial charge in [0, 0.05) is 11.4 Å². The smallest absolute Gasteiger partial charge is 0.329 e. The van der Waals surface area contributed by atoms with Gasteiger partial charge in [0.05, 0.1) is 12.8 Å². The standard InChI is InChI=1S/C25H25ClN2O6/c1-15-17(8-11-21(29)30)6-7-18(5-2-16-3-9-19(26)10-4-16)22(15)20-14-33-25(34-20,23(27)31)24-28-12-13-32-24/h3-4,6-7,9-10,12-13,20H,2,5,8,11,14H2,1H3,(H2,27,31)(H,29,30). The molecule has 3 aromatic rings. The molecule has 1 saturated heterocycles. The molecule has 0 aliphatic carbocycles. The van der Waals surface area contributed by atoms with Gasteiger partial charge < -0.3 is 24.7 Å². The lowest BCUT2D eigenvalue weighted by atomic mass is 9.89. The number of rotatable bonds is 9. The topological polar surface area (TPSA) is 125 Å². The van der Waals surface area contributed by atoms with Crippen molar-refractivity contribution in [1.29, 1.82) is 0 Å². The number of primary amides is 1. The first-order valence-corrected chi connectivity index (χ1v) is 11.3. The van der Waals surface area contributed by atoms with Crippen LogP contribution in [0, 0.1) is 6.92 Å². The molecule has 1 aliphatic heterocycles. The van der Waals surface area contributed by atoms with Gasteiger partial charge in [-0.2, -0.15) is 0 Å². The molecule has 0 spiro atoms. The van der Waals surface area contributed by atoms with Gasteiger partial charge in [-0.05, 0) is 66.1 Å². The highest BCUT2D eigenvalue weighted by atomic mass is 35.5. The number of aromatic nitrogens is 1. The fraction of sp³-hybridized carbons (Fsp3) is 0.320. The van der Waals surface area contributed by atoms with Gasteiger partial charge in [0.15, 0.2) is 0 Å². The number of amides is 1. The summed E-state index contributed by atoms with van der Waals surface area (Å²) in [6.45, 7) is 1.99. The predicted octanol–water partition coefficient (Wildman–Crippen LogP) is 3.87. The summed E-state index contributed by atoms with van der Waals surface area (Å²) in [6.07, 6.45) is 3.91. The molecular weight excluding hydrogens is 460 g/mol. The van der Waals surface area contributed by atoms with Crippen molar-refractivity contribution in [2.75, 3.05) is 6.61 Å². The van der Waals surface area contributed by atoms with E-state index in [4.69, 9.17) is 36.3 Å². The van der Waals surface area contributed by atoms with Crippen LogP contribution in [0.4, 0.5) is 0 Å². The second-order valence-electron chi connectivity index (χ2n) is 8.18. The molecule has 0 bridgehead atoms. The van der Waals surface area contributed by atoms with E-state index < -0.39 is 23.8 Å². The quantitative estimate of drug-likeness (QED) is 0.472. The zero-order valence-corrected chi connectivity index (χ0v) is 19.4. The Bertz CT molecular complexity index is 1180. The zero-order valence-electron chi connectivity index (χ0n) is 18.6. The lowest BCUT2D eigenvalue weighted by Gasteiger charge is -2.23. The molecule has 2 unspecified atom stereocenters. The summed E-state index contributed by atoms with van der Waals surface area (Å²) < 4.78 is 17.2. The van der Waals surface area contributed by atoms with Crippen LogP contribution < -0.4 is 5.73 Å². The molecule has 0 radical (unpaired) electrons. The average molecular weight is 485 g/mol. The van der Waals surface area contributed by atoms with Gasteiger partial charge in [0.2, 0.25) is 0 Å². The number of halogens is 1. The van der Waals surface area contributed by atoms with Gasteiger partial charge in [0.25, 0.3) is 11.8 Å². The monoisotopic (exact) mass is 484 g/mol. The van der Waals surface area contributed by atoms with E-state index >= 15 is 0 Å². The number of nitrogens with two attached hydrogens (primary N) is 1. The normalized spacial score (nSPS) is 19.9. The number of ether oxygens (including phenoxy) is 2. The van der Waals surface area contributed by atoms with Crippen LogP contribution in [0.1, 0.15) is 46.2 Å². The summed E-state index contributed by atoms with van der Waals surface area (Å²) in [5.74, 6) is -3.72. The number of hydrogen-bond acceptors (Lipinski definition) is 6. The molecule has 178 valence electrons. The van der Waals surface area contributed by atoms with Crippen LogP contribution in [0.5, 0.6) is 0 Å². The second-order valence-corrected chi connectivity index (χ2v) is 8.61. The maximum absolute atomic E-state index is 12.3. The Balaban J connectivity index is 1.68. The molecule has 8 nitrogen and oxygen atoms in total. The fourth-order valence-electron chi connectivity index (χ4n) is 4.27. The number of hydrogen-bond donors (Lipinski definition) is 2. The van der Waals surface area contributed by atoms with Gasteiger partial charge in [-0.15, -0.1) is 0 Å².